The van der Waals surface area contributed by atoms with Crippen LogP contribution in [0.1, 0.15) is 40.3 Å². The maximum atomic E-state index is 14.3. The number of carbonyl (C=O) groups is 1. The minimum Gasteiger partial charge on any atom is -0.444 e. The maximum absolute atomic E-state index is 14.3. The summed E-state index contributed by atoms with van der Waals surface area (Å²) in [4.78, 5) is 19.9. The number of pyridine rings is 1. The SMILES string of the molecule is CC(C)(C)OC(=O)NC1=N[C@](C)(c2nc(N)ccc2F)CO[C@@]1(C)C(F)(F)F. The summed E-state index contributed by atoms with van der Waals surface area (Å²) in [6, 6.07) is 2.23. The molecule has 1 aromatic heterocycles. The molecule has 11 heteroatoms. The monoisotopic (exact) mass is 406 g/mol. The number of aromatic nitrogens is 1. The number of ether oxygens (including phenoxy) is 2. The number of amides is 1. The molecule has 2 atom stereocenters. The van der Waals surface area contributed by atoms with E-state index in [9.17, 15) is 22.4 Å². The molecule has 0 saturated heterocycles. The number of nitrogens with two attached hydrogens (primary N) is 1. The molecule has 3 N–H and O–H groups in total. The van der Waals surface area contributed by atoms with Gasteiger partial charge in [-0.05, 0) is 46.8 Å². The molecule has 156 valence electrons. The van der Waals surface area contributed by atoms with Gasteiger partial charge in [0.25, 0.3) is 0 Å². The van der Waals surface area contributed by atoms with Crippen LogP contribution in [0.25, 0.3) is 0 Å². The highest BCUT2D eigenvalue weighted by molar-refractivity contribution is 6.01. The number of hydrogen-bond donors (Lipinski definition) is 2. The molecule has 1 aromatic rings. The van der Waals surface area contributed by atoms with Gasteiger partial charge in [0.15, 0.2) is 0 Å². The summed E-state index contributed by atoms with van der Waals surface area (Å²) in [5.74, 6) is -1.73. The van der Waals surface area contributed by atoms with E-state index in [1.165, 1.54) is 13.0 Å². The molecule has 2 rings (SSSR count). The second-order valence-corrected chi connectivity index (χ2v) is 7.75. The first-order chi connectivity index (χ1) is 12.6. The Labute approximate surface area is 159 Å². The lowest BCUT2D eigenvalue weighted by molar-refractivity contribution is -0.250. The predicted molar refractivity (Wildman–Crippen MR) is 93.2 cm³/mol. The van der Waals surface area contributed by atoms with E-state index >= 15 is 0 Å². The number of nitrogens with one attached hydrogen (secondary N) is 1. The number of halogens is 4. The number of nitrogens with zero attached hydrogens (tertiary/aromatic N) is 2. The largest absolute Gasteiger partial charge is 0.444 e. The van der Waals surface area contributed by atoms with Crippen molar-refractivity contribution in [1.82, 2.24) is 10.3 Å². The van der Waals surface area contributed by atoms with Crippen LogP contribution in [0.3, 0.4) is 0 Å². The number of carbonyl (C=O) groups excluding carboxylic acids is 1. The molecule has 2 heterocycles. The Bertz CT molecular complexity index is 807. The highest BCUT2D eigenvalue weighted by atomic mass is 19.4. The average Bonchev–Trinajstić information content (AvgIpc) is 2.50. The van der Waals surface area contributed by atoms with Gasteiger partial charge in [-0.3, -0.25) is 10.3 Å². The molecular weight excluding hydrogens is 384 g/mol. The van der Waals surface area contributed by atoms with E-state index in [0.29, 0.717) is 6.92 Å². The summed E-state index contributed by atoms with van der Waals surface area (Å²) in [6.45, 7) is 6.03. The Morgan fingerprint density at radius 1 is 1.29 bits per heavy atom. The van der Waals surface area contributed by atoms with Crippen LogP contribution in [0, 0.1) is 5.82 Å². The van der Waals surface area contributed by atoms with Crippen LogP contribution in [-0.4, -0.2) is 40.9 Å². The Morgan fingerprint density at radius 2 is 1.89 bits per heavy atom. The van der Waals surface area contributed by atoms with Crippen molar-refractivity contribution in [3.05, 3.63) is 23.6 Å². The molecule has 28 heavy (non-hydrogen) atoms. The number of rotatable bonds is 1. The van der Waals surface area contributed by atoms with Crippen LogP contribution in [0.4, 0.5) is 28.2 Å². The third kappa shape index (κ3) is 4.34. The lowest BCUT2D eigenvalue weighted by atomic mass is 9.93. The fourth-order valence-electron chi connectivity index (χ4n) is 2.46. The van der Waals surface area contributed by atoms with Crippen molar-refractivity contribution in [3.8, 4) is 0 Å². The molecule has 0 bridgehead atoms. The second-order valence-electron chi connectivity index (χ2n) is 7.75. The molecule has 0 aliphatic carbocycles. The highest BCUT2D eigenvalue weighted by Gasteiger charge is 2.60. The van der Waals surface area contributed by atoms with Crippen LogP contribution in [0.5, 0.6) is 0 Å². The minimum atomic E-state index is -4.91. The molecular formula is C17H22F4N4O3. The van der Waals surface area contributed by atoms with Crippen LogP contribution >= 0.6 is 0 Å². The van der Waals surface area contributed by atoms with Crippen molar-refractivity contribution < 1.29 is 31.8 Å². The van der Waals surface area contributed by atoms with Crippen molar-refractivity contribution in [2.45, 2.75) is 57.5 Å². The molecule has 1 aliphatic rings. The number of amidine groups is 1. The number of alkyl halides is 3. The van der Waals surface area contributed by atoms with Crippen molar-refractivity contribution in [2.24, 2.45) is 4.99 Å². The van der Waals surface area contributed by atoms with Gasteiger partial charge >= 0.3 is 12.3 Å². The van der Waals surface area contributed by atoms with E-state index < -0.39 is 47.3 Å². The standard InChI is InChI=1S/C17H22F4N4O3/c1-14(2,3)28-13(26)24-12-16(5,17(19,20)21)27-8-15(4,25-12)11-9(18)6-7-10(22)23-11/h6-7H,8H2,1-5H3,(H2,22,23)(H,24,25,26)/t15-,16+/m0/s1. The zero-order chi connectivity index (χ0) is 21.5. The molecule has 1 amide bonds. The zero-order valence-corrected chi connectivity index (χ0v) is 16.1. The topological polar surface area (TPSA) is 98.8 Å². The molecule has 0 radical (unpaired) electrons. The van der Waals surface area contributed by atoms with E-state index in [-0.39, 0.29) is 11.5 Å². The number of hydrogen-bond acceptors (Lipinski definition) is 6. The van der Waals surface area contributed by atoms with Crippen molar-refractivity contribution in [3.63, 3.8) is 0 Å². The van der Waals surface area contributed by atoms with Crippen molar-refractivity contribution in [1.29, 1.82) is 0 Å². The third-order valence-corrected chi connectivity index (χ3v) is 3.99. The number of nitrogen functional groups attached to an aromatic ring is 1. The lowest BCUT2D eigenvalue weighted by Gasteiger charge is -2.41. The Hall–Kier alpha value is -2.43. The van der Waals surface area contributed by atoms with Gasteiger partial charge in [-0.2, -0.15) is 13.2 Å². The summed E-state index contributed by atoms with van der Waals surface area (Å²) in [7, 11) is 0. The van der Waals surface area contributed by atoms with Gasteiger partial charge < -0.3 is 15.2 Å². The first-order valence-corrected chi connectivity index (χ1v) is 8.31. The second kappa shape index (κ2) is 6.87. The molecule has 0 spiro atoms. The van der Waals surface area contributed by atoms with Crippen molar-refractivity contribution >= 4 is 17.7 Å². The summed E-state index contributed by atoms with van der Waals surface area (Å²) in [5.41, 5.74) is -0.289. The normalized spacial score (nSPS) is 25.8. The summed E-state index contributed by atoms with van der Waals surface area (Å²) >= 11 is 0. The third-order valence-electron chi connectivity index (χ3n) is 3.99. The minimum absolute atomic E-state index is 0.0429. The maximum Gasteiger partial charge on any atom is 0.424 e. The van der Waals surface area contributed by atoms with Crippen LogP contribution in [0.2, 0.25) is 0 Å². The molecule has 0 unspecified atom stereocenters. The van der Waals surface area contributed by atoms with Gasteiger partial charge in [0.1, 0.15) is 34.3 Å². The summed E-state index contributed by atoms with van der Waals surface area (Å²) in [5, 5.41) is 1.99. The van der Waals surface area contributed by atoms with Gasteiger partial charge in [0, 0.05) is 0 Å². The molecule has 0 saturated carbocycles. The van der Waals surface area contributed by atoms with Gasteiger partial charge in [-0.15, -0.1) is 0 Å². The first kappa shape index (κ1) is 21.9. The number of alkyl carbamates (subject to hydrolysis) is 1. The Balaban J connectivity index is 2.54. The van der Waals surface area contributed by atoms with E-state index in [0.717, 1.165) is 6.07 Å². The number of aliphatic imine (C=N–C) groups is 1. The van der Waals surface area contributed by atoms with E-state index in [2.05, 4.69) is 9.98 Å². The summed E-state index contributed by atoms with van der Waals surface area (Å²) < 4.78 is 65.3. The Morgan fingerprint density at radius 3 is 2.43 bits per heavy atom. The van der Waals surface area contributed by atoms with Crippen LogP contribution < -0.4 is 11.1 Å². The molecule has 1 aliphatic heterocycles. The first-order valence-electron chi connectivity index (χ1n) is 8.31. The highest BCUT2D eigenvalue weighted by Crippen LogP contribution is 2.41. The van der Waals surface area contributed by atoms with Gasteiger partial charge in [0.05, 0.1) is 6.61 Å². The zero-order valence-electron chi connectivity index (χ0n) is 16.1. The fourth-order valence-corrected chi connectivity index (χ4v) is 2.46. The van der Waals surface area contributed by atoms with Crippen molar-refractivity contribution in [2.75, 3.05) is 12.3 Å². The molecule has 0 fully saturated rings. The van der Waals surface area contributed by atoms with E-state index in [4.69, 9.17) is 15.2 Å². The summed E-state index contributed by atoms with van der Waals surface area (Å²) in [6.07, 6.45) is -6.07. The average molecular weight is 406 g/mol. The lowest BCUT2D eigenvalue weighted by Crippen LogP contribution is -2.62. The van der Waals surface area contributed by atoms with Gasteiger partial charge in [-0.1, -0.05) is 0 Å². The van der Waals surface area contributed by atoms with Gasteiger partial charge in [-0.25, -0.2) is 14.2 Å². The quantitative estimate of drug-likeness (QED) is 0.698. The molecule has 7 nitrogen and oxygen atoms in total. The molecule has 0 aromatic carbocycles. The van der Waals surface area contributed by atoms with Crippen LogP contribution in [0.15, 0.2) is 17.1 Å². The Kier molecular flexibility index (Phi) is 5.37. The van der Waals surface area contributed by atoms with E-state index in [1.807, 2.05) is 5.32 Å². The van der Waals surface area contributed by atoms with Crippen LogP contribution in [-0.2, 0) is 15.0 Å². The van der Waals surface area contributed by atoms with E-state index in [1.54, 1.807) is 20.8 Å². The number of anilines is 1. The predicted octanol–water partition coefficient (Wildman–Crippen LogP) is 3.29. The smallest absolute Gasteiger partial charge is 0.424 e. The fraction of sp³-hybridized carbons (Fsp3) is 0.588. The van der Waals surface area contributed by atoms with Gasteiger partial charge in [0.2, 0.25) is 5.60 Å².